The summed E-state index contributed by atoms with van der Waals surface area (Å²) >= 11 is 9.74. The molecule has 3 aromatic rings. The van der Waals surface area contributed by atoms with Crippen LogP contribution >= 0.6 is 27.5 Å². The van der Waals surface area contributed by atoms with Crippen molar-refractivity contribution in [3.63, 3.8) is 0 Å². The number of pyridine rings is 1. The standard InChI is InChI=1S/C18H19BrClN3O2/c1-10(21)7-14-16(19)17-18(25-14)12(8-15(20)23-17)22-9-11-5-3-4-6-13(11)24-2/h3-6,8,10H,7,9,21H2,1-2H3,(H,22,23)/t10-/m0/s1. The highest BCUT2D eigenvalue weighted by atomic mass is 79.9. The van der Waals surface area contributed by atoms with Gasteiger partial charge in [0, 0.05) is 30.6 Å². The first-order valence-corrected chi connectivity index (χ1v) is 9.05. The summed E-state index contributed by atoms with van der Waals surface area (Å²) in [6.07, 6.45) is 0.612. The molecule has 1 aromatic carbocycles. The molecule has 0 amide bonds. The molecule has 0 saturated carbocycles. The molecule has 3 N–H and O–H groups in total. The number of nitrogens with zero attached hydrogens (tertiary/aromatic N) is 1. The lowest BCUT2D eigenvalue weighted by Gasteiger charge is -2.11. The summed E-state index contributed by atoms with van der Waals surface area (Å²) in [6, 6.07) is 9.58. The van der Waals surface area contributed by atoms with Crippen LogP contribution in [0.1, 0.15) is 18.2 Å². The minimum absolute atomic E-state index is 0.0164. The number of nitrogens with two attached hydrogens (primary N) is 1. The summed E-state index contributed by atoms with van der Waals surface area (Å²) in [5.74, 6) is 1.59. The van der Waals surface area contributed by atoms with Gasteiger partial charge in [-0.2, -0.15) is 0 Å². The Morgan fingerprint density at radius 1 is 1.40 bits per heavy atom. The van der Waals surface area contributed by atoms with Crippen molar-refractivity contribution in [3.05, 3.63) is 51.3 Å². The number of rotatable bonds is 6. The summed E-state index contributed by atoms with van der Waals surface area (Å²) in [6.45, 7) is 2.50. The molecule has 0 aliphatic rings. The van der Waals surface area contributed by atoms with Gasteiger partial charge in [0.2, 0.25) is 0 Å². The Bertz CT molecular complexity index is 895. The first kappa shape index (κ1) is 18.0. The molecule has 1 atom stereocenters. The molecule has 3 rings (SSSR count). The second kappa shape index (κ2) is 7.64. The predicted molar refractivity (Wildman–Crippen MR) is 104 cm³/mol. The number of hydrogen-bond donors (Lipinski definition) is 2. The van der Waals surface area contributed by atoms with Gasteiger partial charge in [-0.05, 0) is 28.9 Å². The number of benzene rings is 1. The third-order valence-corrected chi connectivity index (χ3v) is 4.80. The Morgan fingerprint density at radius 2 is 2.16 bits per heavy atom. The first-order chi connectivity index (χ1) is 12.0. The van der Waals surface area contributed by atoms with Gasteiger partial charge in [-0.3, -0.25) is 0 Å². The quantitative estimate of drug-likeness (QED) is 0.558. The topological polar surface area (TPSA) is 73.3 Å². The highest BCUT2D eigenvalue weighted by Crippen LogP contribution is 2.36. The maximum atomic E-state index is 6.19. The van der Waals surface area contributed by atoms with Gasteiger partial charge in [0.1, 0.15) is 22.2 Å². The van der Waals surface area contributed by atoms with Crippen molar-refractivity contribution >= 4 is 44.3 Å². The lowest BCUT2D eigenvalue weighted by atomic mass is 10.2. The summed E-state index contributed by atoms with van der Waals surface area (Å²) in [7, 11) is 1.66. The fourth-order valence-corrected chi connectivity index (χ4v) is 3.35. The van der Waals surface area contributed by atoms with Crippen molar-refractivity contribution in [1.82, 2.24) is 4.98 Å². The highest BCUT2D eigenvalue weighted by molar-refractivity contribution is 9.10. The summed E-state index contributed by atoms with van der Waals surface area (Å²) in [4.78, 5) is 4.37. The third kappa shape index (κ3) is 3.92. The number of methoxy groups -OCH3 is 1. The van der Waals surface area contributed by atoms with E-state index in [9.17, 15) is 0 Å². The molecular formula is C18H19BrClN3O2. The molecule has 2 aromatic heterocycles. The summed E-state index contributed by atoms with van der Waals surface area (Å²) < 4.78 is 12.2. The fourth-order valence-electron chi connectivity index (χ4n) is 2.65. The van der Waals surface area contributed by atoms with Crippen molar-refractivity contribution in [1.29, 1.82) is 0 Å². The second-order valence-electron chi connectivity index (χ2n) is 5.86. The highest BCUT2D eigenvalue weighted by Gasteiger charge is 2.18. The van der Waals surface area contributed by atoms with Crippen molar-refractivity contribution in [2.75, 3.05) is 12.4 Å². The van der Waals surface area contributed by atoms with Crippen LogP contribution in [-0.2, 0) is 13.0 Å². The summed E-state index contributed by atoms with van der Waals surface area (Å²) in [5.41, 5.74) is 9.04. The molecule has 0 aliphatic heterocycles. The van der Waals surface area contributed by atoms with Gasteiger partial charge in [0.15, 0.2) is 5.58 Å². The van der Waals surface area contributed by atoms with Crippen LogP contribution in [0.4, 0.5) is 5.69 Å². The number of halogens is 2. The third-order valence-electron chi connectivity index (χ3n) is 3.79. The van der Waals surface area contributed by atoms with Gasteiger partial charge in [-0.1, -0.05) is 29.8 Å². The molecule has 0 spiro atoms. The monoisotopic (exact) mass is 423 g/mol. The van der Waals surface area contributed by atoms with Crippen molar-refractivity contribution < 1.29 is 9.15 Å². The van der Waals surface area contributed by atoms with E-state index in [-0.39, 0.29) is 6.04 Å². The molecule has 0 bridgehead atoms. The van der Waals surface area contributed by atoms with E-state index in [2.05, 4.69) is 26.2 Å². The van der Waals surface area contributed by atoms with Gasteiger partial charge in [0.25, 0.3) is 0 Å². The van der Waals surface area contributed by atoms with E-state index in [4.69, 9.17) is 26.5 Å². The molecule has 7 heteroatoms. The molecule has 0 saturated heterocycles. The molecule has 132 valence electrons. The van der Waals surface area contributed by atoms with E-state index in [1.807, 2.05) is 31.2 Å². The van der Waals surface area contributed by atoms with Crippen LogP contribution in [0.3, 0.4) is 0 Å². The molecule has 0 aliphatic carbocycles. The zero-order valence-corrected chi connectivity index (χ0v) is 16.3. The van der Waals surface area contributed by atoms with E-state index < -0.39 is 0 Å². The van der Waals surface area contributed by atoms with Crippen LogP contribution in [0.25, 0.3) is 11.1 Å². The van der Waals surface area contributed by atoms with Gasteiger partial charge >= 0.3 is 0 Å². The van der Waals surface area contributed by atoms with E-state index >= 15 is 0 Å². The molecule has 0 unspecified atom stereocenters. The number of para-hydroxylation sites is 1. The van der Waals surface area contributed by atoms with E-state index in [0.717, 1.165) is 27.2 Å². The number of ether oxygens (including phenoxy) is 1. The maximum Gasteiger partial charge on any atom is 0.177 e. The lowest BCUT2D eigenvalue weighted by molar-refractivity contribution is 0.410. The van der Waals surface area contributed by atoms with Crippen molar-refractivity contribution in [2.24, 2.45) is 5.73 Å². The zero-order chi connectivity index (χ0) is 18.0. The fraction of sp³-hybridized carbons (Fsp3) is 0.278. The van der Waals surface area contributed by atoms with Crippen LogP contribution in [0.5, 0.6) is 5.75 Å². The number of aromatic nitrogens is 1. The number of hydrogen-bond acceptors (Lipinski definition) is 5. The van der Waals surface area contributed by atoms with Gasteiger partial charge in [0.05, 0.1) is 17.3 Å². The Balaban J connectivity index is 1.95. The normalized spacial score (nSPS) is 12.4. The largest absolute Gasteiger partial charge is 0.496 e. The first-order valence-electron chi connectivity index (χ1n) is 7.88. The van der Waals surface area contributed by atoms with Crippen LogP contribution in [0.15, 0.2) is 39.2 Å². The Labute approximate surface area is 159 Å². The maximum absolute atomic E-state index is 6.19. The SMILES string of the molecule is COc1ccccc1CNc1cc(Cl)nc2c(Br)c(C[C@H](C)N)oc12. The number of furan rings is 1. The second-order valence-corrected chi connectivity index (χ2v) is 7.04. The zero-order valence-electron chi connectivity index (χ0n) is 14.0. The van der Waals surface area contributed by atoms with Gasteiger partial charge in [-0.15, -0.1) is 0 Å². The van der Waals surface area contributed by atoms with Crippen LogP contribution in [-0.4, -0.2) is 18.1 Å². The van der Waals surface area contributed by atoms with E-state index in [0.29, 0.717) is 29.2 Å². The molecule has 0 radical (unpaired) electrons. The average molecular weight is 425 g/mol. The van der Waals surface area contributed by atoms with Gasteiger partial charge < -0.3 is 20.2 Å². The molecule has 25 heavy (non-hydrogen) atoms. The van der Waals surface area contributed by atoms with Crippen molar-refractivity contribution in [2.45, 2.75) is 25.9 Å². The van der Waals surface area contributed by atoms with Crippen LogP contribution in [0.2, 0.25) is 5.15 Å². The Kier molecular flexibility index (Phi) is 5.51. The molecular weight excluding hydrogens is 406 g/mol. The van der Waals surface area contributed by atoms with E-state index in [1.54, 1.807) is 13.2 Å². The minimum atomic E-state index is -0.0164. The Morgan fingerprint density at radius 3 is 2.88 bits per heavy atom. The van der Waals surface area contributed by atoms with Crippen LogP contribution < -0.4 is 15.8 Å². The average Bonchev–Trinajstić information content (AvgIpc) is 2.88. The molecule has 5 nitrogen and oxygen atoms in total. The number of anilines is 1. The van der Waals surface area contributed by atoms with E-state index in [1.165, 1.54) is 0 Å². The van der Waals surface area contributed by atoms with Crippen molar-refractivity contribution in [3.8, 4) is 5.75 Å². The predicted octanol–water partition coefficient (Wildman–Crippen LogP) is 4.75. The smallest absolute Gasteiger partial charge is 0.177 e. The van der Waals surface area contributed by atoms with Crippen LogP contribution in [0, 0.1) is 0 Å². The Hall–Kier alpha value is -1.76. The van der Waals surface area contributed by atoms with Gasteiger partial charge in [-0.25, -0.2) is 4.98 Å². The summed E-state index contributed by atoms with van der Waals surface area (Å²) in [5, 5.41) is 3.76. The molecule has 2 heterocycles. The number of fused-ring (bicyclic) bond motifs is 1. The number of nitrogens with one attached hydrogen (secondary N) is 1. The minimum Gasteiger partial charge on any atom is -0.496 e. The lowest BCUT2D eigenvalue weighted by Crippen LogP contribution is -2.17. The molecule has 0 fully saturated rings.